The summed E-state index contributed by atoms with van der Waals surface area (Å²) in [4.78, 5) is 0. The molecule has 1 nitrogen and oxygen atoms in total. The molecule has 0 saturated heterocycles. The topological polar surface area (TPSA) is 9.23 Å². The maximum Gasteiger partial charge on any atom is 0.200 e. The van der Waals surface area contributed by atoms with Gasteiger partial charge in [0, 0.05) is 0 Å². The number of halogens is 2. The van der Waals surface area contributed by atoms with Crippen LogP contribution in [0.2, 0.25) is 0 Å². The van der Waals surface area contributed by atoms with Crippen molar-refractivity contribution in [2.45, 2.75) is 45.4 Å². The van der Waals surface area contributed by atoms with Gasteiger partial charge in [0.2, 0.25) is 5.82 Å². The van der Waals surface area contributed by atoms with Gasteiger partial charge in [0.25, 0.3) is 0 Å². The number of hydrogen-bond donors (Lipinski definition) is 0. The van der Waals surface area contributed by atoms with Crippen LogP contribution in [0.5, 0.6) is 5.75 Å². The standard InChI is InChI=1S/C20H26F2O/c1-3-15-9-11-16(12-10-15)7-5-6-8-17-13-14-18(23-4-2)20(22)19(17)21/h3,7-8,13-16H,1,4-6,9-12H2,2H3. The molecule has 2 rings (SSSR count). The fraction of sp³-hybridized carbons (Fsp3) is 0.500. The van der Waals surface area contributed by atoms with Crippen LogP contribution >= 0.6 is 0 Å². The van der Waals surface area contributed by atoms with Crippen molar-refractivity contribution in [3.8, 4) is 5.75 Å². The Morgan fingerprint density at radius 1 is 1.09 bits per heavy atom. The van der Waals surface area contributed by atoms with Crippen LogP contribution < -0.4 is 4.74 Å². The predicted molar refractivity (Wildman–Crippen MR) is 90.1 cm³/mol. The lowest BCUT2D eigenvalue weighted by molar-refractivity contribution is 0.313. The van der Waals surface area contributed by atoms with Crippen LogP contribution in [-0.4, -0.2) is 6.61 Å². The van der Waals surface area contributed by atoms with Crippen LogP contribution in [-0.2, 0) is 0 Å². The lowest BCUT2D eigenvalue weighted by Crippen LogP contribution is -2.13. The average Bonchev–Trinajstić information content (AvgIpc) is 2.58. The predicted octanol–water partition coefficient (Wildman–Crippen LogP) is 5.89. The van der Waals surface area contributed by atoms with Crippen LogP contribution in [0.3, 0.4) is 0 Å². The van der Waals surface area contributed by atoms with Gasteiger partial charge in [-0.05, 0) is 81.8 Å². The van der Waals surface area contributed by atoms with Crippen LogP contribution in [0, 0.1) is 36.3 Å². The molecule has 0 N–H and O–H groups in total. The number of rotatable bonds is 8. The van der Waals surface area contributed by atoms with Gasteiger partial charge >= 0.3 is 0 Å². The fourth-order valence-electron chi connectivity index (χ4n) is 3.16. The summed E-state index contributed by atoms with van der Waals surface area (Å²) in [7, 11) is 0. The molecular formula is C20H26F2O. The molecule has 1 aromatic carbocycles. The Balaban J connectivity index is 1.74. The first-order chi connectivity index (χ1) is 11.2. The SMILES string of the molecule is C=CC1CCC([CH]CC[CH]c2ccc(OCC)c(F)c2F)CC1. The maximum absolute atomic E-state index is 13.9. The maximum atomic E-state index is 13.9. The molecule has 1 aliphatic rings. The van der Waals surface area contributed by atoms with Crippen molar-refractivity contribution in [2.75, 3.05) is 6.61 Å². The molecule has 126 valence electrons. The van der Waals surface area contributed by atoms with E-state index in [1.54, 1.807) is 19.4 Å². The molecule has 1 aliphatic carbocycles. The first-order valence-corrected chi connectivity index (χ1v) is 8.55. The van der Waals surface area contributed by atoms with E-state index in [1.807, 2.05) is 0 Å². The van der Waals surface area contributed by atoms with Crippen molar-refractivity contribution in [1.29, 1.82) is 0 Å². The fourth-order valence-corrected chi connectivity index (χ4v) is 3.16. The molecule has 0 unspecified atom stereocenters. The van der Waals surface area contributed by atoms with Crippen molar-refractivity contribution >= 4 is 0 Å². The summed E-state index contributed by atoms with van der Waals surface area (Å²) in [6, 6.07) is 3.08. The molecule has 1 saturated carbocycles. The summed E-state index contributed by atoms with van der Waals surface area (Å²) < 4.78 is 32.8. The van der Waals surface area contributed by atoms with Gasteiger partial charge in [0.05, 0.1) is 6.61 Å². The molecule has 0 bridgehead atoms. The number of allylic oxidation sites excluding steroid dienone is 1. The highest BCUT2D eigenvalue weighted by atomic mass is 19.2. The molecule has 0 atom stereocenters. The van der Waals surface area contributed by atoms with Gasteiger partial charge in [-0.1, -0.05) is 12.1 Å². The summed E-state index contributed by atoms with van der Waals surface area (Å²) in [6.07, 6.45) is 12.6. The molecule has 0 amide bonds. The molecule has 0 heterocycles. The minimum Gasteiger partial charge on any atom is -0.491 e. The van der Waals surface area contributed by atoms with Gasteiger partial charge in [-0.15, -0.1) is 6.58 Å². The van der Waals surface area contributed by atoms with E-state index in [0.717, 1.165) is 12.8 Å². The van der Waals surface area contributed by atoms with Crippen molar-refractivity contribution in [2.24, 2.45) is 11.8 Å². The summed E-state index contributed by atoms with van der Waals surface area (Å²) >= 11 is 0. The van der Waals surface area contributed by atoms with Crippen LogP contribution in [0.15, 0.2) is 24.8 Å². The lowest BCUT2D eigenvalue weighted by atomic mass is 9.80. The molecule has 3 heteroatoms. The molecule has 23 heavy (non-hydrogen) atoms. The van der Waals surface area contributed by atoms with Crippen molar-refractivity contribution in [3.63, 3.8) is 0 Å². The number of benzene rings is 1. The molecule has 1 aromatic rings. The third-order valence-electron chi connectivity index (χ3n) is 4.56. The van der Waals surface area contributed by atoms with Gasteiger partial charge < -0.3 is 4.74 Å². The monoisotopic (exact) mass is 320 g/mol. The van der Waals surface area contributed by atoms with Crippen LogP contribution in [0.25, 0.3) is 0 Å². The van der Waals surface area contributed by atoms with Gasteiger partial charge in [0.15, 0.2) is 11.6 Å². The lowest BCUT2D eigenvalue weighted by Gasteiger charge is -2.26. The summed E-state index contributed by atoms with van der Waals surface area (Å²) in [6.45, 7) is 5.93. The molecule has 2 radical (unpaired) electrons. The van der Waals surface area contributed by atoms with E-state index < -0.39 is 11.6 Å². The number of hydrogen-bond acceptors (Lipinski definition) is 1. The van der Waals surface area contributed by atoms with E-state index >= 15 is 0 Å². The zero-order chi connectivity index (χ0) is 16.7. The zero-order valence-corrected chi connectivity index (χ0v) is 13.9. The minimum atomic E-state index is -0.896. The highest BCUT2D eigenvalue weighted by molar-refractivity contribution is 5.34. The quantitative estimate of drug-likeness (QED) is 0.428. The molecular weight excluding hydrogens is 294 g/mol. The highest BCUT2D eigenvalue weighted by Gasteiger charge is 2.19. The normalized spacial score (nSPS) is 21.2. The first kappa shape index (κ1) is 18.0. The van der Waals surface area contributed by atoms with Crippen molar-refractivity contribution in [3.05, 3.63) is 54.8 Å². The summed E-state index contributed by atoms with van der Waals surface area (Å²) in [5, 5.41) is 0. The van der Waals surface area contributed by atoms with E-state index in [9.17, 15) is 8.78 Å². The molecule has 1 fully saturated rings. The second-order valence-corrected chi connectivity index (χ2v) is 6.14. The largest absolute Gasteiger partial charge is 0.491 e. The van der Waals surface area contributed by atoms with E-state index in [-0.39, 0.29) is 5.75 Å². The van der Waals surface area contributed by atoms with Gasteiger partial charge in [0.1, 0.15) is 0 Å². The van der Waals surface area contributed by atoms with E-state index in [2.05, 4.69) is 19.1 Å². The zero-order valence-electron chi connectivity index (χ0n) is 13.9. The third-order valence-corrected chi connectivity index (χ3v) is 4.56. The average molecular weight is 320 g/mol. The summed E-state index contributed by atoms with van der Waals surface area (Å²) in [5.74, 6) is -0.406. The second-order valence-electron chi connectivity index (χ2n) is 6.14. The smallest absolute Gasteiger partial charge is 0.200 e. The van der Waals surface area contributed by atoms with E-state index in [1.165, 1.54) is 31.7 Å². The van der Waals surface area contributed by atoms with Gasteiger partial charge in [-0.3, -0.25) is 0 Å². The number of unbranched alkanes of at least 4 members (excludes halogenated alkanes) is 1. The Bertz CT molecular complexity index is 505. The summed E-state index contributed by atoms with van der Waals surface area (Å²) in [5.41, 5.74) is 0.315. The molecule has 0 aliphatic heterocycles. The molecule has 0 spiro atoms. The van der Waals surface area contributed by atoms with E-state index in [0.29, 0.717) is 24.0 Å². The Hall–Kier alpha value is -1.38. The van der Waals surface area contributed by atoms with Gasteiger partial charge in [-0.25, -0.2) is 4.39 Å². The molecule has 0 aromatic heterocycles. The minimum absolute atomic E-state index is 0.0207. The van der Waals surface area contributed by atoms with Crippen molar-refractivity contribution in [1.82, 2.24) is 0 Å². The Morgan fingerprint density at radius 2 is 1.78 bits per heavy atom. The van der Waals surface area contributed by atoms with Crippen molar-refractivity contribution < 1.29 is 13.5 Å². The number of ether oxygens (including phenoxy) is 1. The van der Waals surface area contributed by atoms with Crippen LogP contribution in [0.4, 0.5) is 8.78 Å². The van der Waals surface area contributed by atoms with Crippen LogP contribution in [0.1, 0.15) is 51.0 Å². The van der Waals surface area contributed by atoms with Gasteiger partial charge in [-0.2, -0.15) is 4.39 Å². The van der Waals surface area contributed by atoms with E-state index in [4.69, 9.17) is 4.74 Å². The Morgan fingerprint density at radius 3 is 2.43 bits per heavy atom. The Labute approximate surface area is 138 Å². The first-order valence-electron chi connectivity index (χ1n) is 8.55. The second kappa shape index (κ2) is 9.05. The third kappa shape index (κ3) is 5.05. The highest BCUT2D eigenvalue weighted by Crippen LogP contribution is 2.32. The Kier molecular flexibility index (Phi) is 7.07.